The Morgan fingerprint density at radius 2 is 1.95 bits per heavy atom. The fourth-order valence-corrected chi connectivity index (χ4v) is 2.20. The number of nitrogens with zero attached hydrogens (tertiary/aromatic N) is 2. The molecule has 0 atom stereocenters. The predicted octanol–water partition coefficient (Wildman–Crippen LogP) is 3.94. The summed E-state index contributed by atoms with van der Waals surface area (Å²) < 4.78 is 13.6. The smallest absolute Gasteiger partial charge is 0.256 e. The van der Waals surface area contributed by atoms with Gasteiger partial charge < -0.3 is 5.32 Å². The van der Waals surface area contributed by atoms with Crippen LogP contribution in [-0.2, 0) is 0 Å². The zero-order valence-electron chi connectivity index (χ0n) is 9.12. The van der Waals surface area contributed by atoms with Crippen LogP contribution in [0.1, 0.15) is 10.4 Å². The van der Waals surface area contributed by atoms with Gasteiger partial charge in [0.15, 0.2) is 0 Å². The minimum atomic E-state index is -0.536. The van der Waals surface area contributed by atoms with Gasteiger partial charge >= 0.3 is 0 Å². The molecule has 1 aromatic heterocycles. The molecule has 0 unspecified atom stereocenters. The Morgan fingerprint density at radius 1 is 1.21 bits per heavy atom. The van der Waals surface area contributed by atoms with Gasteiger partial charge in [-0.1, -0.05) is 27.5 Å². The Balaban J connectivity index is 2.25. The lowest BCUT2D eigenvalue weighted by molar-refractivity contribution is 0.102. The molecule has 1 amide bonds. The van der Waals surface area contributed by atoms with E-state index in [1.165, 1.54) is 18.2 Å². The second-order valence-electron chi connectivity index (χ2n) is 3.46. The van der Waals surface area contributed by atoms with E-state index in [-0.39, 0.29) is 21.8 Å². The number of hydrogen-bond acceptors (Lipinski definition) is 3. The van der Waals surface area contributed by atoms with Gasteiger partial charge in [-0.25, -0.2) is 14.4 Å². The van der Waals surface area contributed by atoms with Gasteiger partial charge in [-0.3, -0.25) is 4.79 Å². The van der Waals surface area contributed by atoms with Crippen LogP contribution in [0.3, 0.4) is 0 Å². The van der Waals surface area contributed by atoms with Crippen molar-refractivity contribution in [1.82, 2.24) is 9.97 Å². The first-order valence-corrected chi connectivity index (χ1v) is 6.46. The fraction of sp³-hybridized carbons (Fsp3) is 0. The molecule has 0 aliphatic rings. The van der Waals surface area contributed by atoms with Crippen molar-refractivity contribution in [3.63, 3.8) is 0 Å². The first-order valence-electron chi connectivity index (χ1n) is 4.91. The molecule has 0 saturated heterocycles. The summed E-state index contributed by atoms with van der Waals surface area (Å²) in [5.74, 6) is -0.931. The first kappa shape index (κ1) is 14.2. The quantitative estimate of drug-likeness (QED) is 0.648. The Hall–Kier alpha value is -1.24. The molecule has 0 aliphatic carbocycles. The van der Waals surface area contributed by atoms with Crippen molar-refractivity contribution >= 4 is 50.9 Å². The molecule has 0 saturated carbocycles. The zero-order valence-corrected chi connectivity index (χ0v) is 12.2. The van der Waals surface area contributed by atoms with Gasteiger partial charge in [-0.05, 0) is 29.8 Å². The summed E-state index contributed by atoms with van der Waals surface area (Å²) in [6.45, 7) is 0. The number of benzene rings is 1. The van der Waals surface area contributed by atoms with E-state index in [9.17, 15) is 9.18 Å². The third kappa shape index (κ3) is 3.86. The number of halogens is 4. The highest BCUT2D eigenvalue weighted by atomic mass is 79.9. The van der Waals surface area contributed by atoms with Crippen molar-refractivity contribution < 1.29 is 9.18 Å². The molecule has 98 valence electrons. The van der Waals surface area contributed by atoms with Crippen LogP contribution in [0.5, 0.6) is 0 Å². The van der Waals surface area contributed by atoms with Crippen molar-refractivity contribution in [2.45, 2.75) is 0 Å². The van der Waals surface area contributed by atoms with Crippen LogP contribution < -0.4 is 5.32 Å². The second kappa shape index (κ2) is 5.81. The third-order valence-electron chi connectivity index (χ3n) is 2.03. The van der Waals surface area contributed by atoms with Gasteiger partial charge in [-0.15, -0.1) is 0 Å². The number of hydrogen-bond donors (Lipinski definition) is 1. The van der Waals surface area contributed by atoms with Crippen LogP contribution in [-0.4, -0.2) is 15.9 Å². The maximum atomic E-state index is 13.2. The van der Waals surface area contributed by atoms with Gasteiger partial charge in [0.2, 0.25) is 5.28 Å². The number of anilines is 1. The normalized spacial score (nSPS) is 10.3. The lowest BCUT2D eigenvalue weighted by Crippen LogP contribution is -2.13. The SMILES string of the molecule is O=C(Nc1cc(Cl)nc(Cl)n1)c1cc(F)cc(Br)c1. The Kier molecular flexibility index (Phi) is 4.34. The van der Waals surface area contributed by atoms with Crippen molar-refractivity contribution in [2.24, 2.45) is 0 Å². The minimum absolute atomic E-state index is 0.0933. The predicted molar refractivity (Wildman–Crippen MR) is 74.1 cm³/mol. The van der Waals surface area contributed by atoms with Gasteiger partial charge in [-0.2, -0.15) is 0 Å². The Morgan fingerprint density at radius 3 is 2.58 bits per heavy atom. The summed E-state index contributed by atoms with van der Waals surface area (Å²) >= 11 is 14.4. The standard InChI is InChI=1S/C11H5BrCl2FN3O/c12-6-1-5(2-7(15)3-6)10(19)17-9-4-8(13)16-11(14)18-9/h1-4H,(H,16,17,18,19). The Bertz CT molecular complexity index is 613. The zero-order chi connectivity index (χ0) is 14.0. The molecule has 1 heterocycles. The topological polar surface area (TPSA) is 54.9 Å². The molecule has 0 fully saturated rings. The van der Waals surface area contributed by atoms with Crippen LogP contribution >= 0.6 is 39.1 Å². The molecule has 0 radical (unpaired) electrons. The van der Waals surface area contributed by atoms with Crippen LogP contribution in [0, 0.1) is 5.82 Å². The molecule has 8 heteroatoms. The van der Waals surface area contributed by atoms with Gasteiger partial charge in [0.25, 0.3) is 5.91 Å². The van der Waals surface area contributed by atoms with Crippen LogP contribution in [0.15, 0.2) is 28.7 Å². The summed E-state index contributed by atoms with van der Waals surface area (Å²) in [5, 5.41) is 2.45. The second-order valence-corrected chi connectivity index (χ2v) is 5.10. The molecule has 0 spiro atoms. The maximum absolute atomic E-state index is 13.2. The number of rotatable bonds is 2. The molecule has 4 nitrogen and oxygen atoms in total. The Labute approximate surface area is 126 Å². The van der Waals surface area contributed by atoms with Crippen molar-refractivity contribution in [3.8, 4) is 0 Å². The van der Waals surface area contributed by atoms with E-state index >= 15 is 0 Å². The molecule has 1 aromatic carbocycles. The van der Waals surface area contributed by atoms with E-state index in [0.29, 0.717) is 4.47 Å². The maximum Gasteiger partial charge on any atom is 0.256 e. The fourth-order valence-electron chi connectivity index (χ4n) is 1.33. The molecular formula is C11H5BrCl2FN3O. The van der Waals surface area contributed by atoms with Gasteiger partial charge in [0.05, 0.1) is 0 Å². The molecule has 0 bridgehead atoms. The van der Waals surface area contributed by atoms with Crippen molar-refractivity contribution in [1.29, 1.82) is 0 Å². The van der Waals surface area contributed by atoms with Crippen molar-refractivity contribution in [3.05, 3.63) is 50.6 Å². The average Bonchev–Trinajstić information content (AvgIpc) is 2.25. The van der Waals surface area contributed by atoms with Crippen LogP contribution in [0.2, 0.25) is 10.4 Å². The number of carbonyl (C=O) groups excluding carboxylic acids is 1. The van der Waals surface area contributed by atoms with Crippen LogP contribution in [0.25, 0.3) is 0 Å². The highest BCUT2D eigenvalue weighted by molar-refractivity contribution is 9.10. The molecule has 1 N–H and O–H groups in total. The summed E-state index contributed by atoms with van der Waals surface area (Å²) in [7, 11) is 0. The highest BCUT2D eigenvalue weighted by Crippen LogP contribution is 2.18. The average molecular weight is 365 g/mol. The monoisotopic (exact) mass is 363 g/mol. The number of amides is 1. The van der Waals surface area contributed by atoms with E-state index in [1.54, 1.807) is 0 Å². The van der Waals surface area contributed by atoms with Crippen LogP contribution in [0.4, 0.5) is 10.2 Å². The van der Waals surface area contributed by atoms with E-state index in [4.69, 9.17) is 23.2 Å². The van der Waals surface area contributed by atoms with Crippen molar-refractivity contribution in [2.75, 3.05) is 5.32 Å². The largest absolute Gasteiger partial charge is 0.306 e. The summed E-state index contributed by atoms with van der Waals surface area (Å²) in [6.07, 6.45) is 0. The minimum Gasteiger partial charge on any atom is -0.306 e. The third-order valence-corrected chi connectivity index (χ3v) is 2.85. The van der Waals surface area contributed by atoms with Gasteiger partial charge in [0.1, 0.15) is 16.8 Å². The lowest BCUT2D eigenvalue weighted by atomic mass is 10.2. The lowest BCUT2D eigenvalue weighted by Gasteiger charge is -2.05. The highest BCUT2D eigenvalue weighted by Gasteiger charge is 2.10. The number of nitrogens with one attached hydrogen (secondary N) is 1. The number of aromatic nitrogens is 2. The van der Waals surface area contributed by atoms with Gasteiger partial charge in [0, 0.05) is 16.1 Å². The molecule has 19 heavy (non-hydrogen) atoms. The summed E-state index contributed by atoms with van der Waals surface area (Å²) in [6, 6.07) is 5.15. The molecule has 2 aromatic rings. The molecule has 0 aliphatic heterocycles. The number of carbonyl (C=O) groups is 1. The molecule has 2 rings (SSSR count). The van der Waals surface area contributed by atoms with E-state index in [1.807, 2.05) is 0 Å². The summed E-state index contributed by atoms with van der Waals surface area (Å²) in [4.78, 5) is 19.3. The summed E-state index contributed by atoms with van der Waals surface area (Å²) in [5.41, 5.74) is 0.137. The molecular weight excluding hydrogens is 360 g/mol. The first-order chi connectivity index (χ1) is 8.94. The van der Waals surface area contributed by atoms with E-state index in [0.717, 1.165) is 6.07 Å². The van der Waals surface area contributed by atoms with E-state index in [2.05, 4.69) is 31.2 Å². The van der Waals surface area contributed by atoms with E-state index < -0.39 is 11.7 Å².